The van der Waals surface area contributed by atoms with Crippen LogP contribution in [0.15, 0.2) is 95.9 Å². The highest BCUT2D eigenvalue weighted by molar-refractivity contribution is 7.85. The van der Waals surface area contributed by atoms with Crippen molar-refractivity contribution in [1.29, 1.82) is 0 Å². The largest absolute Gasteiger partial charge is 0.765 e. The monoisotopic (exact) mass is 1100 g/mol. The van der Waals surface area contributed by atoms with Gasteiger partial charge in [0.25, 0.3) is 0 Å². The highest BCUT2D eigenvalue weighted by Crippen LogP contribution is 2.32. The van der Waals surface area contributed by atoms with E-state index in [1.165, 1.54) is 218 Å². The van der Waals surface area contributed by atoms with E-state index in [1.807, 2.05) is 21.9 Å². The van der Waals surface area contributed by atoms with E-state index in [4.69, 9.17) is 9.05 Å². The molecule has 76 heavy (non-hydrogen) atoms. The summed E-state index contributed by atoms with van der Waals surface area (Å²) in [6, 6.07) is 25.0. The summed E-state index contributed by atoms with van der Waals surface area (Å²) in [5, 5.41) is 0. The maximum atomic E-state index is 11.5. The lowest BCUT2D eigenvalue weighted by molar-refractivity contribution is -0.901. The van der Waals surface area contributed by atoms with Crippen molar-refractivity contribution in [3.05, 3.63) is 91.0 Å². The van der Waals surface area contributed by atoms with Gasteiger partial charge in [-0.15, -0.1) is 0 Å². The van der Waals surface area contributed by atoms with E-state index < -0.39 is 18.7 Å². The summed E-state index contributed by atoms with van der Waals surface area (Å²) in [5.74, 6) is 6.33. The molecule has 0 aromatic heterocycles. The smallest absolute Gasteiger partial charge is 0.210 e. The van der Waals surface area contributed by atoms with E-state index in [0.29, 0.717) is 11.5 Å². The number of hydrogen-bond donors (Lipinski definition) is 2. The van der Waals surface area contributed by atoms with Gasteiger partial charge in [-0.05, 0) is 149 Å². The molecule has 0 bridgehead atoms. The standard InChI is InChI=1S/2C24H51N.C12H10O3P.C6H6O3S/c2*1-22(2)16-10-7-13-19-25(20-14-8-11-17-23(3)4)21-15-9-12-18-24(5)6;13-16(14-11-7-3-1-4-8-11)15-12-9-5-2-6-10-12;7-10(8,9)6-4-2-1-3-5-6/h2*22-24H,7-21H2,1-6H3;1-10H;1-5H,(H,7,8,9)/q;;-1;/p+1. The lowest BCUT2D eigenvalue weighted by Crippen LogP contribution is -3.12. The molecule has 10 heteroatoms. The van der Waals surface area contributed by atoms with Crippen molar-refractivity contribution in [3.8, 4) is 11.5 Å². The molecule has 0 fully saturated rings. The Balaban J connectivity index is 0.00000103. The molecule has 8 nitrogen and oxygen atoms in total. The van der Waals surface area contributed by atoms with E-state index in [0.717, 1.165) is 35.5 Å². The van der Waals surface area contributed by atoms with Gasteiger partial charge in [0.2, 0.25) is 8.60 Å². The van der Waals surface area contributed by atoms with E-state index in [1.54, 1.807) is 54.6 Å². The molecule has 0 aliphatic carbocycles. The van der Waals surface area contributed by atoms with Crippen LogP contribution < -0.4 is 23.7 Å². The van der Waals surface area contributed by atoms with Crippen LogP contribution in [0, 0.1) is 35.5 Å². The summed E-state index contributed by atoms with van der Waals surface area (Å²) in [6.45, 7) is 36.8. The first-order valence-corrected chi connectivity index (χ1v) is 33.4. The van der Waals surface area contributed by atoms with Crippen molar-refractivity contribution in [1.82, 2.24) is 0 Å². The van der Waals surface area contributed by atoms with Crippen LogP contribution in [-0.2, 0) is 10.1 Å². The number of quaternary nitrogens is 2. The van der Waals surface area contributed by atoms with E-state index in [2.05, 4.69) is 83.1 Å². The van der Waals surface area contributed by atoms with Crippen molar-refractivity contribution >= 4 is 18.7 Å². The van der Waals surface area contributed by atoms with Crippen molar-refractivity contribution in [3.63, 3.8) is 0 Å². The Morgan fingerprint density at radius 2 is 0.566 bits per heavy atom. The molecular weight excluding hydrogens is 980 g/mol. The van der Waals surface area contributed by atoms with Gasteiger partial charge in [0.05, 0.1) is 44.2 Å². The second-order valence-electron chi connectivity index (χ2n) is 24.3. The summed E-state index contributed by atoms with van der Waals surface area (Å²) in [5.41, 5.74) is 0. The molecule has 0 spiro atoms. The summed E-state index contributed by atoms with van der Waals surface area (Å²) in [4.78, 5) is 15.1. The first-order chi connectivity index (χ1) is 36.3. The Bertz CT molecular complexity index is 1580. The van der Waals surface area contributed by atoms with Crippen molar-refractivity contribution in [2.24, 2.45) is 35.5 Å². The number of nitrogens with one attached hydrogen (secondary N) is 2. The fourth-order valence-corrected chi connectivity index (χ4v) is 10.2. The van der Waals surface area contributed by atoms with Crippen LogP contribution in [0.25, 0.3) is 0 Å². The van der Waals surface area contributed by atoms with Crippen LogP contribution in [-0.4, -0.2) is 52.2 Å². The van der Waals surface area contributed by atoms with Crippen LogP contribution in [0.4, 0.5) is 0 Å². The summed E-state index contributed by atoms with van der Waals surface area (Å²) in [6.07, 6.45) is 34.5. The zero-order chi connectivity index (χ0) is 56.7. The van der Waals surface area contributed by atoms with Gasteiger partial charge in [-0.2, -0.15) is 0 Å². The molecule has 440 valence electrons. The quantitative estimate of drug-likeness (QED) is 0.0333. The fraction of sp³-hybridized carbons (Fsp3) is 0.727. The zero-order valence-corrected chi connectivity index (χ0v) is 52.9. The molecule has 2 N–H and O–H groups in total. The first kappa shape index (κ1) is 73.5. The molecule has 0 radical (unpaired) electrons. The third-order valence-corrected chi connectivity index (χ3v) is 15.3. The maximum absolute atomic E-state index is 11.5. The average molecular weight is 1100 g/mol. The van der Waals surface area contributed by atoms with Gasteiger partial charge in [-0.3, -0.25) is 0 Å². The van der Waals surface area contributed by atoms with Gasteiger partial charge in [0.1, 0.15) is 21.6 Å². The highest BCUT2D eigenvalue weighted by atomic mass is 32.2. The average Bonchev–Trinajstić information content (AvgIpc) is 3.36. The molecule has 3 aromatic rings. The predicted molar refractivity (Wildman–Crippen MR) is 326 cm³/mol. The second-order valence-corrected chi connectivity index (χ2v) is 26.5. The molecule has 0 atom stereocenters. The third-order valence-electron chi connectivity index (χ3n) is 13.7. The molecule has 0 aliphatic heterocycles. The SMILES string of the molecule is CC(C)CCCCC[NH+](CCCCCC(C)C)CCCCCC(C)C.CC(C)CCCCC[NH+](CCCCCC(C)C)CCCCCC(C)C.O=S(=O)([O-])c1ccccc1.[O-]P(Oc1ccccc1)Oc1ccccc1. The van der Waals surface area contributed by atoms with Gasteiger partial charge in [0.15, 0.2) is 0 Å². The maximum Gasteiger partial charge on any atom is 0.210 e. The summed E-state index contributed by atoms with van der Waals surface area (Å²) < 4.78 is 41.0. The van der Waals surface area contributed by atoms with Gasteiger partial charge in [-0.1, -0.05) is 215 Å². The molecule has 0 unspecified atom stereocenters. The van der Waals surface area contributed by atoms with Gasteiger partial charge < -0.3 is 28.3 Å². The third kappa shape index (κ3) is 51.0. The number of benzene rings is 3. The van der Waals surface area contributed by atoms with Gasteiger partial charge >= 0.3 is 0 Å². The Morgan fingerprint density at radius 1 is 0.355 bits per heavy atom. The number of hydrogen-bond acceptors (Lipinski definition) is 6. The molecule has 0 saturated heterocycles. The van der Waals surface area contributed by atoms with Crippen molar-refractivity contribution < 1.29 is 36.7 Å². The fourth-order valence-electron chi connectivity index (χ4n) is 9.12. The van der Waals surface area contributed by atoms with Crippen LogP contribution >= 0.6 is 8.60 Å². The molecule has 3 aromatic carbocycles. The minimum absolute atomic E-state index is 0.185. The first-order valence-electron chi connectivity index (χ1n) is 30.9. The zero-order valence-electron chi connectivity index (χ0n) is 51.1. The summed E-state index contributed by atoms with van der Waals surface area (Å²) in [7, 11) is -6.44. The van der Waals surface area contributed by atoms with Gasteiger partial charge in [0, 0.05) is 0 Å². The Kier molecular flexibility index (Phi) is 47.9. The van der Waals surface area contributed by atoms with Crippen LogP contribution in [0.3, 0.4) is 0 Å². The van der Waals surface area contributed by atoms with Gasteiger partial charge in [-0.25, -0.2) is 8.42 Å². The van der Waals surface area contributed by atoms with E-state index >= 15 is 0 Å². The predicted octanol–water partition coefficient (Wildman–Crippen LogP) is 16.4. The molecule has 3 rings (SSSR count). The number of para-hydroxylation sites is 2. The minimum atomic E-state index is -4.25. The highest BCUT2D eigenvalue weighted by Gasteiger charge is 2.11. The van der Waals surface area contributed by atoms with Crippen LogP contribution in [0.2, 0.25) is 0 Å². The van der Waals surface area contributed by atoms with E-state index in [9.17, 15) is 17.9 Å². The Hall–Kier alpha value is -2.52. The molecule has 0 aliphatic rings. The molecule has 0 heterocycles. The normalized spacial score (nSPS) is 11.7. The Morgan fingerprint density at radius 3 is 0.750 bits per heavy atom. The van der Waals surface area contributed by atoms with Crippen LogP contribution in [0.5, 0.6) is 11.5 Å². The molecular formula is C66H119N2O6PS. The molecule has 0 saturated carbocycles. The molecule has 0 amide bonds. The Labute approximate surface area is 472 Å². The lowest BCUT2D eigenvalue weighted by atomic mass is 10.0. The van der Waals surface area contributed by atoms with Crippen molar-refractivity contribution in [2.75, 3.05) is 39.3 Å². The van der Waals surface area contributed by atoms with E-state index in [-0.39, 0.29) is 4.90 Å². The number of unbranched alkanes of at least 4 members (excludes halogenated alkanes) is 12. The van der Waals surface area contributed by atoms with Crippen molar-refractivity contribution in [2.45, 2.75) is 242 Å². The van der Waals surface area contributed by atoms with Crippen LogP contribution in [0.1, 0.15) is 237 Å². The topological polar surface area (TPSA) is 108 Å². The second kappa shape index (κ2) is 49.5. The number of rotatable bonds is 41. The summed E-state index contributed by atoms with van der Waals surface area (Å²) >= 11 is 0. The minimum Gasteiger partial charge on any atom is -0.765 e. The lowest BCUT2D eigenvalue weighted by Gasteiger charge is -2.22.